The summed E-state index contributed by atoms with van der Waals surface area (Å²) in [5.41, 5.74) is 1.90. The Morgan fingerprint density at radius 2 is 0.299 bits per heavy atom. The summed E-state index contributed by atoms with van der Waals surface area (Å²) in [6.07, 6.45) is 119. The van der Waals surface area contributed by atoms with Gasteiger partial charge in [-0.15, -0.1) is 0 Å². The summed E-state index contributed by atoms with van der Waals surface area (Å²) in [7, 11) is -8.70. The first-order valence-corrected chi connectivity index (χ1v) is 51.0. The second kappa shape index (κ2) is 86.4. The first-order chi connectivity index (χ1) is 52.1. The minimum atomic E-state index is -4.35. The minimum absolute atomic E-state index is 0. The van der Waals surface area contributed by atoms with Crippen molar-refractivity contribution in [1.82, 2.24) is 0 Å². The van der Waals surface area contributed by atoms with Gasteiger partial charge in [0.2, 0.25) is 0 Å². The van der Waals surface area contributed by atoms with E-state index in [1.54, 1.807) is 12.1 Å². The van der Waals surface area contributed by atoms with Crippen LogP contribution in [0.2, 0.25) is 0 Å². The molecule has 0 aromatic heterocycles. The third-order valence-corrected chi connectivity index (χ3v) is 25.2. The van der Waals surface area contributed by atoms with Crippen LogP contribution in [0.5, 0.6) is 0 Å². The van der Waals surface area contributed by atoms with Crippen molar-refractivity contribution in [3.63, 3.8) is 0 Å². The monoisotopic (exact) mass is 1560 g/mol. The van der Waals surface area contributed by atoms with Crippen LogP contribution in [0.25, 0.3) is 0 Å². The molecule has 624 valence electrons. The summed E-state index contributed by atoms with van der Waals surface area (Å²) in [5.74, 6) is 0. The molecule has 107 heavy (non-hydrogen) atoms. The van der Waals surface area contributed by atoms with Gasteiger partial charge in [-0.3, -0.25) is 0 Å². The van der Waals surface area contributed by atoms with Crippen molar-refractivity contribution in [3.05, 3.63) is 59.7 Å². The van der Waals surface area contributed by atoms with Crippen molar-refractivity contribution in [3.8, 4) is 0 Å². The number of hydrogen-bond acceptors (Lipinski definition) is 6. The Bertz CT molecular complexity index is 2110. The van der Waals surface area contributed by atoms with Crippen LogP contribution in [0.4, 0.5) is 0 Å². The second-order valence-electron chi connectivity index (χ2n) is 34.0. The summed E-state index contributed by atoms with van der Waals surface area (Å²) in [6, 6.07) is 13.0. The van der Waals surface area contributed by atoms with Crippen LogP contribution in [-0.4, -0.2) is 63.7 Å². The van der Waals surface area contributed by atoms with Crippen molar-refractivity contribution in [2.24, 2.45) is 0 Å². The molecule has 9 heteroatoms. The quantitative estimate of drug-likeness (QED) is 0.0370. The second-order valence-corrected chi connectivity index (χ2v) is 36.7. The van der Waals surface area contributed by atoms with E-state index in [1.807, 2.05) is 12.1 Å². The molecule has 0 amide bonds. The topological polar surface area (TPSA) is 114 Å². The molecule has 0 saturated carbocycles. The summed E-state index contributed by atoms with van der Waals surface area (Å²) >= 11 is 0. The number of aryl methyl sites for hydroxylation is 2. The summed E-state index contributed by atoms with van der Waals surface area (Å²) in [5, 5.41) is 0. The molecular weight excluding hydrogens is 1380 g/mol. The Labute approximate surface area is 700 Å². The molecule has 0 heterocycles. The van der Waals surface area contributed by atoms with E-state index in [2.05, 4.69) is 13.8 Å². The Morgan fingerprint density at radius 3 is 0.411 bits per heavy atom. The number of rotatable bonds is 86. The van der Waals surface area contributed by atoms with Crippen molar-refractivity contribution in [2.45, 2.75) is 563 Å². The first kappa shape index (κ1) is 107. The van der Waals surface area contributed by atoms with Gasteiger partial charge in [-0.2, -0.15) is 0 Å². The maximum Gasteiger partial charge on any atom is 2.00 e. The molecule has 6 nitrogen and oxygen atoms in total. The molecule has 0 spiro atoms. The van der Waals surface area contributed by atoms with E-state index in [0.717, 1.165) is 36.8 Å². The molecule has 0 atom stereocenters. The smallest absolute Gasteiger partial charge is 0.744 e. The normalized spacial score (nSPS) is 11.8. The fourth-order valence-corrected chi connectivity index (χ4v) is 17.4. The molecule has 0 saturated heterocycles. The average molecular weight is 1560 g/mol. The predicted octanol–water partition coefficient (Wildman–Crippen LogP) is 33.9. The van der Waals surface area contributed by atoms with Gasteiger partial charge in [-0.25, -0.2) is 16.8 Å². The van der Waals surface area contributed by atoms with Crippen LogP contribution in [0.15, 0.2) is 58.3 Å². The van der Waals surface area contributed by atoms with Crippen LogP contribution < -0.4 is 0 Å². The van der Waals surface area contributed by atoms with Gasteiger partial charge in [0.15, 0.2) is 0 Å². The van der Waals surface area contributed by atoms with E-state index >= 15 is 0 Å². The van der Waals surface area contributed by atoms with Gasteiger partial charge < -0.3 is 9.11 Å². The van der Waals surface area contributed by atoms with Gasteiger partial charge in [0.1, 0.15) is 20.2 Å². The standard InChI is InChI=1S/2C49H92O3S.Ca/c2*1-2-3-4-5-6-7-8-9-10-11-12-13-14-15-16-17-18-19-20-21-22-23-24-25-26-27-28-29-30-31-32-33-34-35-36-37-38-39-40-41-42-44-48-45-43-46-49(47-48)53(50,51)52;/h2*43,45-47H,2-42,44H2,1H3,(H,50,51,52);/q;;+2/p-2. The maximum atomic E-state index is 11.2. The zero-order valence-electron chi connectivity index (χ0n) is 72.0. The van der Waals surface area contributed by atoms with Crippen LogP contribution in [0, 0.1) is 0 Å². The third-order valence-electron chi connectivity index (χ3n) is 23.5. The molecule has 0 unspecified atom stereocenters. The zero-order chi connectivity index (χ0) is 76.4. The zero-order valence-corrected chi connectivity index (χ0v) is 75.8. The van der Waals surface area contributed by atoms with Gasteiger partial charge in [0.05, 0.1) is 9.79 Å². The molecule has 0 fully saturated rings. The molecular formula is C98H182CaO6S2. The van der Waals surface area contributed by atoms with Crippen molar-refractivity contribution in [1.29, 1.82) is 0 Å². The molecule has 2 rings (SSSR count). The minimum Gasteiger partial charge on any atom is -0.744 e. The molecule has 2 aromatic carbocycles. The molecule has 0 aliphatic rings. The van der Waals surface area contributed by atoms with Crippen LogP contribution in [0.3, 0.4) is 0 Å². The fraction of sp³-hybridized carbons (Fsp3) is 0.878. The molecule has 0 bridgehead atoms. The molecule has 2 aromatic rings. The Balaban J connectivity index is 0.00000208. The van der Waals surface area contributed by atoms with Crippen molar-refractivity contribution < 1.29 is 25.9 Å². The number of unbranched alkanes of at least 4 members (excludes halogenated alkanes) is 80. The van der Waals surface area contributed by atoms with E-state index in [0.29, 0.717) is 0 Å². The Hall–Kier alpha value is -0.480. The summed E-state index contributed by atoms with van der Waals surface area (Å²) < 4.78 is 67.0. The summed E-state index contributed by atoms with van der Waals surface area (Å²) in [6.45, 7) is 4.61. The molecule has 0 radical (unpaired) electrons. The predicted molar refractivity (Wildman–Crippen MR) is 472 cm³/mol. The average Bonchev–Trinajstić information content (AvgIpc) is 0.865. The van der Waals surface area contributed by atoms with Gasteiger partial charge >= 0.3 is 37.7 Å². The summed E-state index contributed by atoms with van der Waals surface area (Å²) in [4.78, 5) is -0.209. The van der Waals surface area contributed by atoms with Crippen molar-refractivity contribution in [2.75, 3.05) is 0 Å². The van der Waals surface area contributed by atoms with E-state index in [-0.39, 0.29) is 47.5 Å². The first-order valence-electron chi connectivity index (χ1n) is 48.2. The van der Waals surface area contributed by atoms with Crippen molar-refractivity contribution >= 4 is 58.0 Å². The van der Waals surface area contributed by atoms with Gasteiger partial charge in [0.25, 0.3) is 0 Å². The van der Waals surface area contributed by atoms with Crippen LogP contribution in [-0.2, 0) is 33.1 Å². The molecule has 0 aliphatic heterocycles. The van der Waals surface area contributed by atoms with Gasteiger partial charge in [-0.05, 0) is 61.1 Å². The number of benzene rings is 2. The van der Waals surface area contributed by atoms with Crippen LogP contribution in [0.1, 0.15) is 551 Å². The number of hydrogen-bond donors (Lipinski definition) is 0. The SMILES string of the molecule is CCCCCCCCCCCCCCCCCCCCCCCCCCCCCCCCCCCCCCCCCCCc1cccc(S(=O)(=O)[O-])c1.CCCCCCCCCCCCCCCCCCCCCCCCCCCCCCCCCCCCCCCCCCCc1cccc(S(=O)(=O)[O-])c1.[Ca+2]. The van der Waals surface area contributed by atoms with E-state index in [9.17, 15) is 25.9 Å². The molecule has 0 N–H and O–H groups in total. The van der Waals surface area contributed by atoms with Gasteiger partial charge in [0, 0.05) is 0 Å². The maximum absolute atomic E-state index is 11.2. The molecule has 0 aliphatic carbocycles. The fourth-order valence-electron chi connectivity index (χ4n) is 16.3. The van der Waals surface area contributed by atoms with E-state index in [1.165, 1.54) is 538 Å². The van der Waals surface area contributed by atoms with Gasteiger partial charge in [-0.1, -0.05) is 552 Å². The Kier molecular flexibility index (Phi) is 86.0. The van der Waals surface area contributed by atoms with E-state index < -0.39 is 20.2 Å². The largest absolute Gasteiger partial charge is 2.00 e. The Morgan fingerprint density at radius 1 is 0.187 bits per heavy atom. The van der Waals surface area contributed by atoms with Crippen LogP contribution >= 0.6 is 0 Å². The third kappa shape index (κ3) is 81.9. The van der Waals surface area contributed by atoms with E-state index in [4.69, 9.17) is 0 Å².